The zero-order chi connectivity index (χ0) is 32.0. The molecule has 0 amide bonds. The van der Waals surface area contributed by atoms with Gasteiger partial charge < -0.3 is 18.8 Å². The second-order valence-electron chi connectivity index (χ2n) is 10.3. The van der Waals surface area contributed by atoms with Gasteiger partial charge in [-0.2, -0.15) is 8.78 Å². The van der Waals surface area contributed by atoms with Gasteiger partial charge in [0, 0.05) is 36.2 Å². The summed E-state index contributed by atoms with van der Waals surface area (Å²) in [4.78, 5) is 17.6. The highest BCUT2D eigenvalue weighted by Gasteiger charge is 2.12. The van der Waals surface area contributed by atoms with Gasteiger partial charge in [0.2, 0.25) is 0 Å². The van der Waals surface area contributed by atoms with Crippen LogP contribution in [0.25, 0.3) is 17.2 Å². The number of benzene rings is 3. The number of rotatable bonds is 18. The number of ketones is 1. The third-order valence-electron chi connectivity index (χ3n) is 6.81. The van der Waals surface area contributed by atoms with Crippen LogP contribution in [-0.4, -0.2) is 46.0 Å². The van der Waals surface area contributed by atoms with E-state index in [2.05, 4.69) is 11.9 Å². The molecule has 1 atom stereocenters. The van der Waals surface area contributed by atoms with Crippen molar-refractivity contribution in [3.8, 4) is 22.6 Å². The summed E-state index contributed by atoms with van der Waals surface area (Å²) in [5.41, 5.74) is 3.62. The van der Waals surface area contributed by atoms with E-state index in [0.717, 1.165) is 41.8 Å². The fourth-order valence-corrected chi connectivity index (χ4v) is 5.72. The van der Waals surface area contributed by atoms with E-state index in [1.54, 1.807) is 48.9 Å². The average molecular weight is 637 g/mol. The lowest BCUT2D eigenvalue weighted by Crippen LogP contribution is -2.06. The van der Waals surface area contributed by atoms with E-state index in [-0.39, 0.29) is 18.0 Å². The van der Waals surface area contributed by atoms with E-state index >= 15 is 0 Å². The van der Waals surface area contributed by atoms with Crippen molar-refractivity contribution in [1.82, 2.24) is 9.55 Å². The number of nitrogens with zero attached hydrogens (tertiary/aromatic N) is 2. The van der Waals surface area contributed by atoms with Crippen LogP contribution in [0.5, 0.6) is 11.5 Å². The van der Waals surface area contributed by atoms with Gasteiger partial charge in [0.15, 0.2) is 5.78 Å². The minimum absolute atomic E-state index is 0.0306. The van der Waals surface area contributed by atoms with Gasteiger partial charge in [0.05, 0.1) is 35.2 Å². The SMILES string of the molecule is CCCOCCOc1ccc(-c2ccc(OC(F)F)c(/C=C/C(=O)Cc3ccc(S(=O)Cc4cncn4CCC)cc3)c2)cc1. The van der Waals surface area contributed by atoms with Crippen molar-refractivity contribution < 1.29 is 32.0 Å². The Morgan fingerprint density at radius 1 is 0.956 bits per heavy atom. The number of hydrogen-bond donors (Lipinski definition) is 0. The number of imidazole rings is 1. The predicted molar refractivity (Wildman–Crippen MR) is 172 cm³/mol. The van der Waals surface area contributed by atoms with Crippen LogP contribution in [0.4, 0.5) is 8.78 Å². The Hall–Kier alpha value is -4.15. The van der Waals surface area contributed by atoms with Crippen LogP contribution in [-0.2, 0) is 39.0 Å². The van der Waals surface area contributed by atoms with E-state index in [1.165, 1.54) is 18.2 Å². The molecule has 0 aliphatic rings. The highest BCUT2D eigenvalue weighted by Crippen LogP contribution is 2.30. The maximum atomic E-state index is 13.1. The van der Waals surface area contributed by atoms with Crippen LogP contribution in [0.15, 0.2) is 90.2 Å². The first-order valence-electron chi connectivity index (χ1n) is 14.9. The molecule has 238 valence electrons. The molecule has 0 radical (unpaired) electrons. The number of aryl methyl sites for hydroxylation is 1. The fraction of sp³-hybridized carbons (Fsp3) is 0.314. The summed E-state index contributed by atoms with van der Waals surface area (Å²) in [7, 11) is -1.25. The van der Waals surface area contributed by atoms with E-state index in [9.17, 15) is 17.8 Å². The molecule has 4 aromatic rings. The first kappa shape index (κ1) is 33.7. The lowest BCUT2D eigenvalue weighted by atomic mass is 10.0. The van der Waals surface area contributed by atoms with Gasteiger partial charge in [-0.05, 0) is 78.1 Å². The second kappa shape index (κ2) is 17.4. The van der Waals surface area contributed by atoms with E-state index < -0.39 is 17.4 Å². The standard InChI is InChI=1S/C35H38F2N2O5S/c1-3-17-39-25-38-23-30(39)24-45(41)33-14-5-26(6-15-33)21-31(40)11-7-29-22-28(10-16-34(29)44-35(36)37)27-8-12-32(13-9-27)43-20-19-42-18-4-2/h5-16,22-23,25,35H,3-4,17-21,24H2,1-2H3/b11-7+. The summed E-state index contributed by atoms with van der Waals surface area (Å²) in [5.74, 6) is 0.804. The normalized spacial score (nSPS) is 12.1. The summed E-state index contributed by atoms with van der Waals surface area (Å²) in [6.07, 6.45) is 8.33. The monoisotopic (exact) mass is 636 g/mol. The predicted octanol–water partition coefficient (Wildman–Crippen LogP) is 7.50. The first-order chi connectivity index (χ1) is 21.9. The van der Waals surface area contributed by atoms with Gasteiger partial charge in [0.1, 0.15) is 18.1 Å². The molecule has 0 spiro atoms. The molecule has 3 aromatic carbocycles. The zero-order valence-electron chi connectivity index (χ0n) is 25.5. The van der Waals surface area contributed by atoms with Crippen molar-refractivity contribution in [3.05, 3.63) is 102 Å². The molecule has 1 aromatic heterocycles. The Balaban J connectivity index is 1.39. The molecule has 4 rings (SSSR count). The number of allylic oxidation sites excluding steroid dienone is 1. The number of carbonyl (C=O) groups is 1. The highest BCUT2D eigenvalue weighted by molar-refractivity contribution is 7.84. The first-order valence-corrected chi connectivity index (χ1v) is 16.2. The number of aromatic nitrogens is 2. The molecule has 0 N–H and O–H groups in total. The number of hydrogen-bond acceptors (Lipinski definition) is 6. The third kappa shape index (κ3) is 10.5. The van der Waals surface area contributed by atoms with Crippen molar-refractivity contribution in [1.29, 1.82) is 0 Å². The number of alkyl halides is 2. The Morgan fingerprint density at radius 3 is 2.42 bits per heavy atom. The summed E-state index contributed by atoms with van der Waals surface area (Å²) in [6.45, 7) is 3.58. The quantitative estimate of drug-likeness (QED) is 0.0832. The van der Waals surface area contributed by atoms with Crippen LogP contribution in [0.2, 0.25) is 0 Å². The Morgan fingerprint density at radius 2 is 1.71 bits per heavy atom. The molecular formula is C35H38F2N2O5S. The van der Waals surface area contributed by atoms with Gasteiger partial charge in [-0.3, -0.25) is 9.00 Å². The van der Waals surface area contributed by atoms with Gasteiger partial charge in [0.25, 0.3) is 0 Å². The molecule has 0 aliphatic carbocycles. The van der Waals surface area contributed by atoms with Crippen molar-refractivity contribution in [3.63, 3.8) is 0 Å². The molecule has 10 heteroatoms. The van der Waals surface area contributed by atoms with Gasteiger partial charge in [-0.15, -0.1) is 0 Å². The summed E-state index contributed by atoms with van der Waals surface area (Å²) in [6, 6.07) is 19.4. The summed E-state index contributed by atoms with van der Waals surface area (Å²) < 4.78 is 57.0. The van der Waals surface area contributed by atoms with Crippen LogP contribution in [0, 0.1) is 0 Å². The summed E-state index contributed by atoms with van der Waals surface area (Å²) in [5, 5.41) is 0. The minimum atomic E-state index is -3.01. The molecule has 0 fully saturated rings. The number of carbonyl (C=O) groups excluding carboxylic acids is 1. The molecular weight excluding hydrogens is 598 g/mol. The molecule has 0 aliphatic heterocycles. The van der Waals surface area contributed by atoms with E-state index in [1.807, 2.05) is 35.8 Å². The van der Waals surface area contributed by atoms with E-state index in [0.29, 0.717) is 41.8 Å². The second-order valence-corrected chi connectivity index (χ2v) is 11.8. The van der Waals surface area contributed by atoms with Crippen molar-refractivity contribution in [2.24, 2.45) is 0 Å². The Kier molecular flexibility index (Phi) is 13.0. The maximum Gasteiger partial charge on any atom is 0.387 e. The molecule has 45 heavy (non-hydrogen) atoms. The Bertz CT molecular complexity index is 1570. The van der Waals surface area contributed by atoms with E-state index in [4.69, 9.17) is 14.2 Å². The Labute approximate surface area is 265 Å². The lowest BCUT2D eigenvalue weighted by molar-refractivity contribution is -0.113. The highest BCUT2D eigenvalue weighted by atomic mass is 32.2. The minimum Gasteiger partial charge on any atom is -0.491 e. The van der Waals surface area contributed by atoms with Gasteiger partial charge in [-0.25, -0.2) is 4.98 Å². The lowest BCUT2D eigenvalue weighted by Gasteiger charge is -2.11. The van der Waals surface area contributed by atoms with Crippen LogP contribution in [0.3, 0.4) is 0 Å². The van der Waals surface area contributed by atoms with Gasteiger partial charge >= 0.3 is 6.61 Å². The van der Waals surface area contributed by atoms with Crippen molar-refractivity contribution in [2.75, 3.05) is 19.8 Å². The molecule has 1 heterocycles. The summed E-state index contributed by atoms with van der Waals surface area (Å²) >= 11 is 0. The van der Waals surface area contributed by atoms with Crippen molar-refractivity contribution in [2.45, 2.75) is 56.9 Å². The average Bonchev–Trinajstić information content (AvgIpc) is 3.47. The van der Waals surface area contributed by atoms with Gasteiger partial charge in [-0.1, -0.05) is 44.2 Å². The maximum absolute atomic E-state index is 13.1. The molecule has 1 unspecified atom stereocenters. The molecule has 0 saturated heterocycles. The number of ether oxygens (including phenoxy) is 3. The molecule has 7 nitrogen and oxygen atoms in total. The van der Waals surface area contributed by atoms with Crippen LogP contribution >= 0.6 is 0 Å². The zero-order valence-corrected chi connectivity index (χ0v) is 26.3. The fourth-order valence-electron chi connectivity index (χ4n) is 4.60. The smallest absolute Gasteiger partial charge is 0.387 e. The topological polar surface area (TPSA) is 79.7 Å². The van der Waals surface area contributed by atoms with Crippen molar-refractivity contribution >= 4 is 22.7 Å². The number of halogens is 2. The molecule has 0 saturated carbocycles. The van der Waals surface area contributed by atoms with Crippen LogP contribution in [0.1, 0.15) is 43.5 Å². The van der Waals surface area contributed by atoms with Crippen LogP contribution < -0.4 is 9.47 Å². The molecule has 0 bridgehead atoms. The largest absolute Gasteiger partial charge is 0.491 e. The third-order valence-corrected chi connectivity index (χ3v) is 8.17.